The van der Waals surface area contributed by atoms with E-state index in [1.54, 1.807) is 25.4 Å². The molecule has 0 bridgehead atoms. The quantitative estimate of drug-likeness (QED) is 0.338. The van der Waals surface area contributed by atoms with Crippen LogP contribution in [0.25, 0.3) is 16.5 Å². The van der Waals surface area contributed by atoms with Crippen LogP contribution in [0.3, 0.4) is 0 Å². The third-order valence-electron chi connectivity index (χ3n) is 7.23. The van der Waals surface area contributed by atoms with Crippen LogP contribution in [0.5, 0.6) is 0 Å². The van der Waals surface area contributed by atoms with Crippen molar-refractivity contribution in [3.8, 4) is 0 Å². The Morgan fingerprint density at radius 1 is 1.27 bits per heavy atom. The molecule has 1 amide bonds. The van der Waals surface area contributed by atoms with E-state index < -0.39 is 17.6 Å². The molecular weight excluding hydrogens is 563 g/mol. The number of likely N-dealkylation sites (tertiary alicyclic amines) is 1. The van der Waals surface area contributed by atoms with Crippen LogP contribution in [-0.4, -0.2) is 78.0 Å². The summed E-state index contributed by atoms with van der Waals surface area (Å²) in [5.74, 6) is -0.0375. The van der Waals surface area contributed by atoms with E-state index in [1.165, 1.54) is 23.9 Å². The van der Waals surface area contributed by atoms with Crippen molar-refractivity contribution in [2.45, 2.75) is 19.0 Å². The van der Waals surface area contributed by atoms with E-state index >= 15 is 0 Å². The zero-order valence-electron chi connectivity index (χ0n) is 22.1. The van der Waals surface area contributed by atoms with Gasteiger partial charge in [-0.05, 0) is 78.0 Å². The minimum Gasteiger partial charge on any atom is -0.383 e. The van der Waals surface area contributed by atoms with E-state index in [-0.39, 0.29) is 17.0 Å². The Hall–Kier alpha value is -2.86. The zero-order chi connectivity index (χ0) is 28.4. The predicted octanol–water partition coefficient (Wildman–Crippen LogP) is 5.72. The molecular formula is C28H29ClF3N5O2S. The molecule has 12 heteroatoms. The van der Waals surface area contributed by atoms with Crippen molar-refractivity contribution in [3.05, 3.63) is 69.2 Å². The van der Waals surface area contributed by atoms with E-state index in [2.05, 4.69) is 20.1 Å². The number of thioether (sulfide) groups is 1. The summed E-state index contributed by atoms with van der Waals surface area (Å²) >= 11 is 7.14. The lowest BCUT2D eigenvalue weighted by Gasteiger charge is -2.22. The van der Waals surface area contributed by atoms with Gasteiger partial charge in [-0.3, -0.25) is 9.89 Å². The number of methoxy groups -OCH3 is 1. The summed E-state index contributed by atoms with van der Waals surface area (Å²) in [5, 5.41) is 8.25. The Bertz CT molecular complexity index is 1470. The average Bonchev–Trinajstić information content (AvgIpc) is 3.66. The first-order valence-electron chi connectivity index (χ1n) is 12.9. The Kier molecular flexibility index (Phi) is 8.55. The molecule has 3 heterocycles. The normalized spacial score (nSPS) is 19.5. The van der Waals surface area contributed by atoms with Crippen molar-refractivity contribution in [1.82, 2.24) is 20.0 Å². The number of nitrogens with zero attached hydrogens (tertiary/aromatic N) is 4. The van der Waals surface area contributed by atoms with Crippen LogP contribution in [0.2, 0.25) is 5.02 Å². The monoisotopic (exact) mass is 591 g/mol. The van der Waals surface area contributed by atoms with E-state index in [1.807, 2.05) is 18.0 Å². The van der Waals surface area contributed by atoms with Crippen LogP contribution in [0.15, 0.2) is 52.5 Å². The zero-order valence-corrected chi connectivity index (χ0v) is 23.7. The Morgan fingerprint density at radius 3 is 2.88 bits per heavy atom. The lowest BCUT2D eigenvalue weighted by atomic mass is 9.93. The number of aliphatic imine (C=N–C) groups is 1. The number of hydrogen-bond acceptors (Lipinski definition) is 6. The summed E-state index contributed by atoms with van der Waals surface area (Å²) < 4.78 is 47.1. The summed E-state index contributed by atoms with van der Waals surface area (Å²) in [6.07, 6.45) is -2.04. The number of amides is 1. The van der Waals surface area contributed by atoms with Gasteiger partial charge in [-0.25, -0.2) is 0 Å². The topological polar surface area (TPSA) is 73.8 Å². The number of carbonyl (C=O) groups is 1. The minimum absolute atomic E-state index is 0.00337. The second kappa shape index (κ2) is 11.9. The van der Waals surface area contributed by atoms with E-state index in [4.69, 9.17) is 16.3 Å². The van der Waals surface area contributed by atoms with Gasteiger partial charge in [0.2, 0.25) is 0 Å². The molecule has 2 aromatic carbocycles. The number of H-pyrrole nitrogens is 1. The SMILES string of the molecule is COCCN1CCC(CN(C)C2=NC(=O)C(=C(Cc3ccc(Cl)cc3C(F)(F)F)c3ccc4[nH]ncc4c3)S2)C1. The van der Waals surface area contributed by atoms with Gasteiger partial charge < -0.3 is 14.5 Å². The summed E-state index contributed by atoms with van der Waals surface area (Å²) in [6.45, 7) is 4.23. The number of aromatic nitrogens is 2. The molecule has 0 aliphatic carbocycles. The molecule has 2 aliphatic rings. The highest BCUT2D eigenvalue weighted by atomic mass is 35.5. The fraction of sp³-hybridized carbons (Fsp3) is 0.393. The number of allylic oxidation sites excluding steroid dienone is 1. The molecule has 0 spiro atoms. The van der Waals surface area contributed by atoms with Gasteiger partial charge in [0.15, 0.2) is 5.17 Å². The van der Waals surface area contributed by atoms with Gasteiger partial charge in [0.1, 0.15) is 0 Å². The molecule has 3 aromatic rings. The van der Waals surface area contributed by atoms with Crippen molar-refractivity contribution in [1.29, 1.82) is 0 Å². The molecule has 2 aliphatic heterocycles. The number of nitrogens with one attached hydrogen (secondary N) is 1. The lowest BCUT2D eigenvalue weighted by Crippen LogP contribution is -2.31. The maximum absolute atomic E-state index is 14.0. The molecule has 1 saturated heterocycles. The number of aromatic amines is 1. The van der Waals surface area contributed by atoms with E-state index in [0.29, 0.717) is 33.7 Å². The Labute approximate surface area is 239 Å². The van der Waals surface area contributed by atoms with Crippen LogP contribution < -0.4 is 0 Å². The number of alkyl halides is 3. The molecule has 40 heavy (non-hydrogen) atoms. The fourth-order valence-electron chi connectivity index (χ4n) is 5.20. The van der Waals surface area contributed by atoms with Crippen molar-refractivity contribution >= 4 is 50.9 Å². The standard InChI is InChI=1S/C28H29ClF3N5O2S/c1-36(15-17-7-8-37(16-17)9-10-39-2)27-34-26(38)25(40-27)22(18-4-6-24-20(11-18)14-33-35-24)12-19-3-5-21(29)13-23(19)28(30,31)32/h3-6,11,13-14,17H,7-10,12,15-16H2,1-2H3,(H,33,35). The highest BCUT2D eigenvalue weighted by Gasteiger charge is 2.35. The number of rotatable bonds is 8. The van der Waals surface area contributed by atoms with Crippen LogP contribution in [0.4, 0.5) is 13.2 Å². The van der Waals surface area contributed by atoms with E-state index in [9.17, 15) is 18.0 Å². The van der Waals surface area contributed by atoms with Gasteiger partial charge in [-0.2, -0.15) is 23.3 Å². The first-order valence-corrected chi connectivity index (χ1v) is 14.1. The number of benzene rings is 2. The second-order valence-electron chi connectivity index (χ2n) is 10.1. The number of hydrogen-bond donors (Lipinski definition) is 1. The molecule has 1 atom stereocenters. The summed E-state index contributed by atoms with van der Waals surface area (Å²) in [5.41, 5.74) is 1.11. The predicted molar refractivity (Wildman–Crippen MR) is 152 cm³/mol. The Morgan fingerprint density at radius 2 is 2.10 bits per heavy atom. The van der Waals surface area contributed by atoms with Gasteiger partial charge in [0.05, 0.1) is 28.8 Å². The third kappa shape index (κ3) is 6.38. The Balaban J connectivity index is 1.44. The maximum Gasteiger partial charge on any atom is 0.416 e. The second-order valence-corrected chi connectivity index (χ2v) is 11.5. The largest absolute Gasteiger partial charge is 0.416 e. The number of halogens is 4. The van der Waals surface area contributed by atoms with Crippen molar-refractivity contribution in [2.75, 3.05) is 46.9 Å². The molecule has 5 rings (SSSR count). The van der Waals surface area contributed by atoms with Crippen molar-refractivity contribution < 1.29 is 22.7 Å². The molecule has 1 fully saturated rings. The minimum atomic E-state index is -4.60. The van der Waals surface area contributed by atoms with Crippen LogP contribution >= 0.6 is 23.4 Å². The number of fused-ring (bicyclic) bond motifs is 1. The first-order chi connectivity index (χ1) is 19.1. The molecule has 1 unspecified atom stereocenters. The lowest BCUT2D eigenvalue weighted by molar-refractivity contribution is -0.138. The molecule has 212 valence electrons. The van der Waals surface area contributed by atoms with E-state index in [0.717, 1.165) is 49.6 Å². The van der Waals surface area contributed by atoms with Gasteiger partial charge in [-0.1, -0.05) is 23.7 Å². The molecule has 1 N–H and O–H groups in total. The molecule has 0 radical (unpaired) electrons. The van der Waals surface area contributed by atoms with Gasteiger partial charge in [0, 0.05) is 44.2 Å². The van der Waals surface area contributed by atoms with Gasteiger partial charge in [-0.15, -0.1) is 0 Å². The number of amidine groups is 1. The summed E-state index contributed by atoms with van der Waals surface area (Å²) in [6, 6.07) is 9.15. The fourth-order valence-corrected chi connectivity index (χ4v) is 6.36. The van der Waals surface area contributed by atoms with Crippen LogP contribution in [0, 0.1) is 5.92 Å². The summed E-state index contributed by atoms with van der Waals surface area (Å²) in [4.78, 5) is 22.2. The van der Waals surface area contributed by atoms with Gasteiger partial charge in [0.25, 0.3) is 5.91 Å². The number of carbonyl (C=O) groups excluding carboxylic acids is 1. The van der Waals surface area contributed by atoms with Crippen LogP contribution in [0.1, 0.15) is 23.1 Å². The molecule has 0 saturated carbocycles. The van der Waals surface area contributed by atoms with Crippen molar-refractivity contribution in [3.63, 3.8) is 0 Å². The van der Waals surface area contributed by atoms with Crippen molar-refractivity contribution in [2.24, 2.45) is 10.9 Å². The average molecular weight is 592 g/mol. The molecule has 7 nitrogen and oxygen atoms in total. The number of ether oxygens (including phenoxy) is 1. The van der Waals surface area contributed by atoms with Crippen LogP contribution in [-0.2, 0) is 22.1 Å². The smallest absolute Gasteiger partial charge is 0.383 e. The molecule has 1 aromatic heterocycles. The van der Waals surface area contributed by atoms with Gasteiger partial charge >= 0.3 is 6.18 Å². The highest BCUT2D eigenvalue weighted by molar-refractivity contribution is 8.18. The maximum atomic E-state index is 14.0. The first kappa shape index (κ1) is 28.7. The highest BCUT2D eigenvalue weighted by Crippen LogP contribution is 2.40. The third-order valence-corrected chi connectivity index (χ3v) is 8.68. The summed E-state index contributed by atoms with van der Waals surface area (Å²) in [7, 11) is 3.59.